The van der Waals surface area contributed by atoms with E-state index in [1.807, 2.05) is 24.4 Å². The molecule has 0 spiro atoms. The van der Waals surface area contributed by atoms with E-state index in [0.29, 0.717) is 22.0 Å². The standard InChI is InChI=1S/C26H27ClN4O3S2/c1-34-18-2-3-22-16(10-18)11-19(14-28-22)35-9-8-31-6-4-17(5-7-31)29-26(33)20-12-23-24(13-21(20)27)36-15-25(32)30-23/h2-3,10-14,17H,4-9,15H2,1H3,(H,29,33)(H,30,32). The number of rotatable bonds is 7. The lowest BCUT2D eigenvalue weighted by atomic mass is 10.0. The number of pyridine rings is 1. The lowest BCUT2D eigenvalue weighted by Gasteiger charge is -2.32. The van der Waals surface area contributed by atoms with E-state index in [9.17, 15) is 9.59 Å². The molecule has 5 rings (SSSR count). The predicted molar refractivity (Wildman–Crippen MR) is 147 cm³/mol. The van der Waals surface area contributed by atoms with Crippen molar-refractivity contribution in [3.05, 3.63) is 53.2 Å². The molecule has 1 saturated heterocycles. The van der Waals surface area contributed by atoms with Gasteiger partial charge in [-0.05, 0) is 49.2 Å². The van der Waals surface area contributed by atoms with Crippen LogP contribution in [0.2, 0.25) is 5.02 Å². The molecule has 2 N–H and O–H groups in total. The van der Waals surface area contributed by atoms with E-state index >= 15 is 0 Å². The van der Waals surface area contributed by atoms with Crippen LogP contribution in [-0.2, 0) is 4.79 Å². The third kappa shape index (κ3) is 5.91. The van der Waals surface area contributed by atoms with Crippen molar-refractivity contribution in [2.24, 2.45) is 0 Å². The molecule has 188 valence electrons. The van der Waals surface area contributed by atoms with Gasteiger partial charge in [-0.2, -0.15) is 0 Å². The Labute approximate surface area is 223 Å². The SMILES string of the molecule is COc1ccc2ncc(SCCN3CCC(NC(=O)c4cc5c(cc4Cl)SCC(=O)N5)CC3)cc2c1. The van der Waals surface area contributed by atoms with Gasteiger partial charge in [0.1, 0.15) is 5.75 Å². The smallest absolute Gasteiger partial charge is 0.253 e. The molecule has 36 heavy (non-hydrogen) atoms. The number of halogens is 1. The van der Waals surface area contributed by atoms with Gasteiger partial charge < -0.3 is 20.3 Å². The van der Waals surface area contributed by atoms with Crippen LogP contribution in [0, 0.1) is 0 Å². The van der Waals surface area contributed by atoms with E-state index in [-0.39, 0.29) is 17.9 Å². The first-order chi connectivity index (χ1) is 17.5. The third-order valence-electron chi connectivity index (χ3n) is 6.41. The summed E-state index contributed by atoms with van der Waals surface area (Å²) >= 11 is 9.61. The van der Waals surface area contributed by atoms with E-state index < -0.39 is 0 Å². The van der Waals surface area contributed by atoms with Crippen molar-refractivity contribution >= 4 is 63.5 Å². The second-order valence-electron chi connectivity index (χ2n) is 8.83. The highest BCUT2D eigenvalue weighted by molar-refractivity contribution is 8.00. The number of hydrogen-bond donors (Lipinski definition) is 2. The fraction of sp³-hybridized carbons (Fsp3) is 0.346. The molecule has 1 aromatic heterocycles. The summed E-state index contributed by atoms with van der Waals surface area (Å²) in [4.78, 5) is 33.6. The lowest BCUT2D eigenvalue weighted by molar-refractivity contribution is -0.113. The van der Waals surface area contributed by atoms with Crippen molar-refractivity contribution in [3.8, 4) is 5.75 Å². The average molecular weight is 543 g/mol. The van der Waals surface area contributed by atoms with Gasteiger partial charge in [-0.25, -0.2) is 0 Å². The number of aromatic nitrogens is 1. The molecule has 0 aliphatic carbocycles. The molecule has 2 aliphatic rings. The van der Waals surface area contributed by atoms with E-state index in [4.69, 9.17) is 16.3 Å². The molecule has 2 aromatic carbocycles. The maximum Gasteiger partial charge on any atom is 0.253 e. The highest BCUT2D eigenvalue weighted by Crippen LogP contribution is 2.35. The largest absolute Gasteiger partial charge is 0.497 e. The third-order valence-corrected chi connectivity index (χ3v) is 8.72. The van der Waals surface area contributed by atoms with Crippen LogP contribution in [0.4, 0.5) is 5.69 Å². The molecular formula is C26H27ClN4O3S2. The molecule has 0 unspecified atom stereocenters. The number of amides is 2. The monoisotopic (exact) mass is 542 g/mol. The summed E-state index contributed by atoms with van der Waals surface area (Å²) in [5.41, 5.74) is 2.02. The fourth-order valence-corrected chi connectivity index (χ4v) is 6.49. The van der Waals surface area contributed by atoms with Crippen LogP contribution >= 0.6 is 35.1 Å². The molecule has 2 amide bonds. The summed E-state index contributed by atoms with van der Waals surface area (Å²) in [6.45, 7) is 2.85. The van der Waals surface area contributed by atoms with Gasteiger partial charge in [0.2, 0.25) is 5.91 Å². The molecule has 7 nitrogen and oxygen atoms in total. The number of hydrogen-bond acceptors (Lipinski definition) is 7. The Hall–Kier alpha value is -2.46. The van der Waals surface area contributed by atoms with Gasteiger partial charge in [0.25, 0.3) is 5.91 Å². The summed E-state index contributed by atoms with van der Waals surface area (Å²) in [5.74, 6) is 1.91. The van der Waals surface area contributed by atoms with Crippen molar-refractivity contribution in [1.82, 2.24) is 15.2 Å². The topological polar surface area (TPSA) is 83.6 Å². The highest BCUT2D eigenvalue weighted by Gasteiger charge is 2.24. The van der Waals surface area contributed by atoms with Gasteiger partial charge in [0.05, 0.1) is 34.7 Å². The van der Waals surface area contributed by atoms with Crippen LogP contribution in [0.15, 0.2) is 52.4 Å². The van der Waals surface area contributed by atoms with Crippen molar-refractivity contribution < 1.29 is 14.3 Å². The Kier molecular flexibility index (Phi) is 7.90. The number of anilines is 1. The normalized spacial score (nSPS) is 16.4. The van der Waals surface area contributed by atoms with Gasteiger partial charge in [-0.15, -0.1) is 23.5 Å². The quantitative estimate of drug-likeness (QED) is 0.410. The number of ether oxygens (including phenoxy) is 1. The fourth-order valence-electron chi connectivity index (χ4n) is 4.43. The van der Waals surface area contributed by atoms with E-state index in [1.54, 1.807) is 31.0 Å². The number of carbonyl (C=O) groups excluding carboxylic acids is 2. The van der Waals surface area contributed by atoms with Gasteiger partial charge in [0, 0.05) is 52.8 Å². The minimum absolute atomic E-state index is 0.0659. The molecule has 0 bridgehead atoms. The van der Waals surface area contributed by atoms with Gasteiger partial charge in [-0.1, -0.05) is 11.6 Å². The molecule has 0 saturated carbocycles. The van der Waals surface area contributed by atoms with Crippen molar-refractivity contribution in [2.75, 3.05) is 43.6 Å². The maximum atomic E-state index is 12.9. The van der Waals surface area contributed by atoms with E-state index in [1.165, 1.54) is 11.8 Å². The molecule has 10 heteroatoms. The zero-order chi connectivity index (χ0) is 25.1. The zero-order valence-electron chi connectivity index (χ0n) is 19.9. The number of methoxy groups -OCH3 is 1. The Morgan fingerprint density at radius 2 is 2.11 bits per heavy atom. The minimum atomic E-state index is -0.193. The number of fused-ring (bicyclic) bond motifs is 2. The number of nitrogens with one attached hydrogen (secondary N) is 2. The van der Waals surface area contributed by atoms with Crippen LogP contribution in [0.1, 0.15) is 23.2 Å². The van der Waals surface area contributed by atoms with Crippen molar-refractivity contribution in [1.29, 1.82) is 0 Å². The first kappa shape index (κ1) is 25.2. The molecule has 0 atom stereocenters. The molecule has 0 radical (unpaired) electrons. The number of carbonyl (C=O) groups is 2. The number of benzene rings is 2. The number of piperidine rings is 1. The minimum Gasteiger partial charge on any atom is -0.497 e. The van der Waals surface area contributed by atoms with Crippen LogP contribution in [-0.4, -0.2) is 66.0 Å². The van der Waals surface area contributed by atoms with Gasteiger partial charge >= 0.3 is 0 Å². The second-order valence-corrected chi connectivity index (χ2v) is 11.4. The van der Waals surface area contributed by atoms with E-state index in [0.717, 1.165) is 64.7 Å². The summed E-state index contributed by atoms with van der Waals surface area (Å²) in [6.07, 6.45) is 3.71. The highest BCUT2D eigenvalue weighted by atomic mass is 35.5. The molecule has 2 aliphatic heterocycles. The Morgan fingerprint density at radius 3 is 2.92 bits per heavy atom. The zero-order valence-corrected chi connectivity index (χ0v) is 22.3. The summed E-state index contributed by atoms with van der Waals surface area (Å²) < 4.78 is 5.32. The Balaban J connectivity index is 1.09. The molecule has 1 fully saturated rings. The number of thioether (sulfide) groups is 2. The number of likely N-dealkylation sites (tertiary alicyclic amines) is 1. The van der Waals surface area contributed by atoms with Crippen LogP contribution < -0.4 is 15.4 Å². The molecule has 3 aromatic rings. The number of nitrogens with zero attached hydrogens (tertiary/aromatic N) is 2. The first-order valence-electron chi connectivity index (χ1n) is 11.8. The van der Waals surface area contributed by atoms with Crippen LogP contribution in [0.5, 0.6) is 5.75 Å². The second kappa shape index (κ2) is 11.3. The summed E-state index contributed by atoms with van der Waals surface area (Å²) in [7, 11) is 1.67. The Morgan fingerprint density at radius 1 is 1.28 bits per heavy atom. The summed E-state index contributed by atoms with van der Waals surface area (Å²) in [6, 6.07) is 11.6. The molecular weight excluding hydrogens is 516 g/mol. The average Bonchev–Trinajstić information content (AvgIpc) is 2.89. The molecule has 3 heterocycles. The van der Waals surface area contributed by atoms with Gasteiger partial charge in [0.15, 0.2) is 0 Å². The van der Waals surface area contributed by atoms with Crippen molar-refractivity contribution in [3.63, 3.8) is 0 Å². The van der Waals surface area contributed by atoms with Gasteiger partial charge in [-0.3, -0.25) is 14.6 Å². The lowest BCUT2D eigenvalue weighted by Crippen LogP contribution is -2.45. The van der Waals surface area contributed by atoms with Crippen molar-refractivity contribution in [2.45, 2.75) is 28.7 Å². The first-order valence-corrected chi connectivity index (χ1v) is 14.2. The van der Waals surface area contributed by atoms with E-state index in [2.05, 4.69) is 26.6 Å². The predicted octanol–water partition coefficient (Wildman–Crippen LogP) is 4.93. The summed E-state index contributed by atoms with van der Waals surface area (Å²) in [5, 5.41) is 7.44. The maximum absolute atomic E-state index is 12.9. The Bertz CT molecular complexity index is 1300. The van der Waals surface area contributed by atoms with Crippen LogP contribution in [0.3, 0.4) is 0 Å². The van der Waals surface area contributed by atoms with Crippen LogP contribution in [0.25, 0.3) is 10.9 Å².